The third-order valence-electron chi connectivity index (χ3n) is 3.48. The van der Waals surface area contributed by atoms with Gasteiger partial charge in [0.15, 0.2) is 5.11 Å². The van der Waals surface area contributed by atoms with E-state index in [-0.39, 0.29) is 17.2 Å². The predicted octanol–water partition coefficient (Wildman–Crippen LogP) is 1.82. The Morgan fingerprint density at radius 1 is 1.35 bits per heavy atom. The summed E-state index contributed by atoms with van der Waals surface area (Å²) in [6, 6.07) is 7.58. The number of nitrogens with zero attached hydrogens (tertiary/aromatic N) is 1. The average molecular weight is 326 g/mol. The number of amides is 2. The Morgan fingerprint density at radius 3 is 2.91 bits per heavy atom. The molecule has 2 aliphatic heterocycles. The SMILES string of the molecule is C=CCN1C(=O)C(=CC2=Cc3ccccc3OC2)C(=O)NC1=S. The molecule has 0 radical (unpaired) electrons. The lowest BCUT2D eigenvalue weighted by Crippen LogP contribution is -2.54. The second-order valence-electron chi connectivity index (χ2n) is 5.07. The van der Waals surface area contributed by atoms with Crippen molar-refractivity contribution >= 4 is 35.2 Å². The maximum atomic E-state index is 12.4. The standard InChI is InChI=1S/C17H14N2O3S/c1-2-7-19-16(21)13(15(20)18-17(19)23)9-11-8-12-5-3-4-6-14(12)22-10-11/h2-6,8-9H,1,7,10H2,(H,18,20,23). The van der Waals surface area contributed by atoms with Gasteiger partial charge in [0.1, 0.15) is 17.9 Å². The molecule has 1 saturated heterocycles. The highest BCUT2D eigenvalue weighted by molar-refractivity contribution is 7.80. The maximum Gasteiger partial charge on any atom is 0.265 e. The van der Waals surface area contributed by atoms with Crippen molar-refractivity contribution in [2.24, 2.45) is 0 Å². The Balaban J connectivity index is 1.94. The monoisotopic (exact) mass is 326 g/mol. The van der Waals surface area contributed by atoms with E-state index < -0.39 is 11.8 Å². The molecular formula is C17H14N2O3S. The van der Waals surface area contributed by atoms with Crippen LogP contribution in [-0.4, -0.2) is 35.0 Å². The molecule has 0 atom stereocenters. The van der Waals surface area contributed by atoms with Crippen molar-refractivity contribution in [3.05, 3.63) is 59.7 Å². The van der Waals surface area contributed by atoms with Gasteiger partial charge in [-0.15, -0.1) is 6.58 Å². The molecule has 0 spiro atoms. The van der Waals surface area contributed by atoms with Gasteiger partial charge >= 0.3 is 0 Å². The van der Waals surface area contributed by atoms with Crippen LogP contribution in [-0.2, 0) is 9.59 Å². The molecular weight excluding hydrogens is 312 g/mol. The zero-order valence-electron chi connectivity index (χ0n) is 12.2. The second kappa shape index (κ2) is 6.18. The quantitative estimate of drug-likeness (QED) is 0.398. The summed E-state index contributed by atoms with van der Waals surface area (Å²) in [5.41, 5.74) is 1.69. The Kier molecular flexibility index (Phi) is 4.08. The first-order chi connectivity index (χ1) is 11.1. The summed E-state index contributed by atoms with van der Waals surface area (Å²) in [7, 11) is 0. The maximum absolute atomic E-state index is 12.4. The molecule has 1 fully saturated rings. The molecule has 116 valence electrons. The molecule has 2 heterocycles. The first-order valence-electron chi connectivity index (χ1n) is 7.02. The molecule has 5 nitrogen and oxygen atoms in total. The van der Waals surface area contributed by atoms with Gasteiger partial charge in [0, 0.05) is 12.1 Å². The first-order valence-corrected chi connectivity index (χ1v) is 7.43. The zero-order valence-corrected chi connectivity index (χ0v) is 13.1. The number of fused-ring (bicyclic) bond motifs is 1. The van der Waals surface area contributed by atoms with Gasteiger partial charge in [-0.1, -0.05) is 24.3 Å². The van der Waals surface area contributed by atoms with Gasteiger partial charge in [0.05, 0.1) is 0 Å². The Morgan fingerprint density at radius 2 is 2.13 bits per heavy atom. The minimum absolute atomic E-state index is 0.0367. The number of rotatable bonds is 3. The molecule has 0 saturated carbocycles. The van der Waals surface area contributed by atoms with Crippen LogP contribution >= 0.6 is 12.2 Å². The highest BCUT2D eigenvalue weighted by Crippen LogP contribution is 2.27. The van der Waals surface area contributed by atoms with Crippen LogP contribution in [0.5, 0.6) is 5.75 Å². The van der Waals surface area contributed by atoms with E-state index in [1.54, 1.807) is 12.2 Å². The van der Waals surface area contributed by atoms with Crippen LogP contribution in [0.2, 0.25) is 0 Å². The van der Waals surface area contributed by atoms with E-state index in [9.17, 15) is 9.59 Å². The molecule has 2 aliphatic rings. The minimum Gasteiger partial charge on any atom is -0.488 e. The van der Waals surface area contributed by atoms with Crippen LogP contribution < -0.4 is 10.1 Å². The highest BCUT2D eigenvalue weighted by atomic mass is 32.1. The number of para-hydroxylation sites is 1. The van der Waals surface area contributed by atoms with E-state index >= 15 is 0 Å². The lowest BCUT2D eigenvalue weighted by molar-refractivity contribution is -0.128. The third-order valence-corrected chi connectivity index (χ3v) is 3.80. The molecule has 0 bridgehead atoms. The topological polar surface area (TPSA) is 58.6 Å². The van der Waals surface area contributed by atoms with Crippen molar-refractivity contribution in [3.8, 4) is 5.75 Å². The second-order valence-corrected chi connectivity index (χ2v) is 5.45. The van der Waals surface area contributed by atoms with Crippen LogP contribution in [0.25, 0.3) is 6.08 Å². The van der Waals surface area contributed by atoms with Gasteiger partial charge in [0.2, 0.25) is 0 Å². The van der Waals surface area contributed by atoms with Crippen molar-refractivity contribution in [3.63, 3.8) is 0 Å². The van der Waals surface area contributed by atoms with E-state index in [2.05, 4.69) is 11.9 Å². The first kappa shape index (κ1) is 15.2. The molecule has 1 aromatic rings. The van der Waals surface area contributed by atoms with Crippen LogP contribution in [0.15, 0.2) is 54.1 Å². The van der Waals surface area contributed by atoms with Gasteiger partial charge in [-0.05, 0) is 36.0 Å². The fourth-order valence-electron chi connectivity index (χ4n) is 2.39. The smallest absolute Gasteiger partial charge is 0.265 e. The fraction of sp³-hybridized carbons (Fsp3) is 0.118. The Hall–Kier alpha value is -2.73. The Labute approximate surface area is 138 Å². The van der Waals surface area contributed by atoms with E-state index in [4.69, 9.17) is 17.0 Å². The van der Waals surface area contributed by atoms with Gasteiger partial charge < -0.3 is 4.74 Å². The van der Waals surface area contributed by atoms with Gasteiger partial charge in [-0.2, -0.15) is 0 Å². The molecule has 0 aromatic heterocycles. The molecule has 23 heavy (non-hydrogen) atoms. The van der Waals surface area contributed by atoms with E-state index in [0.29, 0.717) is 6.61 Å². The van der Waals surface area contributed by atoms with Gasteiger partial charge in [-0.25, -0.2) is 0 Å². The van der Waals surface area contributed by atoms with E-state index in [1.807, 2.05) is 30.3 Å². The number of carbonyl (C=O) groups excluding carboxylic acids is 2. The summed E-state index contributed by atoms with van der Waals surface area (Å²) >= 11 is 5.01. The molecule has 6 heteroatoms. The molecule has 1 N–H and O–H groups in total. The van der Waals surface area contributed by atoms with Crippen molar-refractivity contribution in [1.29, 1.82) is 0 Å². The molecule has 1 aromatic carbocycles. The number of hydrogen-bond donors (Lipinski definition) is 1. The molecule has 0 unspecified atom stereocenters. The number of carbonyl (C=O) groups is 2. The summed E-state index contributed by atoms with van der Waals surface area (Å²) in [6.07, 6.45) is 5.00. The third kappa shape index (κ3) is 2.93. The lowest BCUT2D eigenvalue weighted by Gasteiger charge is -2.28. The molecule has 0 aliphatic carbocycles. The van der Waals surface area contributed by atoms with Crippen molar-refractivity contribution in [2.45, 2.75) is 0 Å². The van der Waals surface area contributed by atoms with Crippen molar-refractivity contribution in [2.75, 3.05) is 13.2 Å². The minimum atomic E-state index is -0.500. The molecule has 3 rings (SSSR count). The predicted molar refractivity (Wildman–Crippen MR) is 90.6 cm³/mol. The number of benzene rings is 1. The van der Waals surface area contributed by atoms with Crippen molar-refractivity contribution in [1.82, 2.24) is 10.2 Å². The van der Waals surface area contributed by atoms with Crippen LogP contribution in [0.3, 0.4) is 0 Å². The summed E-state index contributed by atoms with van der Waals surface area (Å²) in [5.74, 6) is -0.151. The average Bonchev–Trinajstić information content (AvgIpc) is 2.55. The van der Waals surface area contributed by atoms with Gasteiger partial charge in [0.25, 0.3) is 11.8 Å². The Bertz CT molecular complexity index is 780. The normalized spacial score (nSPS) is 19.0. The fourth-order valence-corrected chi connectivity index (χ4v) is 2.64. The molecule has 2 amide bonds. The zero-order chi connectivity index (χ0) is 16.4. The number of hydrogen-bond acceptors (Lipinski definition) is 4. The number of thiocarbonyl (C=S) groups is 1. The van der Waals surface area contributed by atoms with E-state index in [0.717, 1.165) is 16.9 Å². The summed E-state index contributed by atoms with van der Waals surface area (Å²) in [4.78, 5) is 25.8. The van der Waals surface area contributed by atoms with Crippen LogP contribution in [0, 0.1) is 0 Å². The highest BCUT2D eigenvalue weighted by Gasteiger charge is 2.32. The van der Waals surface area contributed by atoms with Crippen LogP contribution in [0.4, 0.5) is 0 Å². The summed E-state index contributed by atoms with van der Waals surface area (Å²) in [5, 5.41) is 2.61. The summed E-state index contributed by atoms with van der Waals surface area (Å²) < 4.78 is 5.63. The largest absolute Gasteiger partial charge is 0.488 e. The van der Waals surface area contributed by atoms with E-state index in [1.165, 1.54) is 4.90 Å². The van der Waals surface area contributed by atoms with Crippen molar-refractivity contribution < 1.29 is 14.3 Å². The number of nitrogens with one attached hydrogen (secondary N) is 1. The lowest BCUT2D eigenvalue weighted by atomic mass is 10.0. The number of ether oxygens (including phenoxy) is 1. The summed E-state index contributed by atoms with van der Waals surface area (Å²) in [6.45, 7) is 4.13. The van der Waals surface area contributed by atoms with Crippen LogP contribution in [0.1, 0.15) is 5.56 Å². The van der Waals surface area contributed by atoms with Gasteiger partial charge in [-0.3, -0.25) is 19.8 Å².